The number of aliphatic hydroxyl groups excluding tert-OH is 1. The van der Waals surface area contributed by atoms with Gasteiger partial charge in [0.1, 0.15) is 6.10 Å². The van der Waals surface area contributed by atoms with Gasteiger partial charge >= 0.3 is 0 Å². The molecule has 1 unspecified atom stereocenters. The summed E-state index contributed by atoms with van der Waals surface area (Å²) in [6.07, 6.45) is 2.08. The SMILES string of the molecule is OC(c1ccc2ccccc2c1)c1cnco1. The van der Waals surface area contributed by atoms with Crippen LogP contribution in [-0.4, -0.2) is 10.1 Å². The van der Waals surface area contributed by atoms with E-state index in [1.165, 1.54) is 12.6 Å². The van der Waals surface area contributed by atoms with Crippen molar-refractivity contribution in [2.24, 2.45) is 0 Å². The minimum Gasteiger partial charge on any atom is -0.445 e. The third kappa shape index (κ3) is 1.81. The van der Waals surface area contributed by atoms with E-state index in [2.05, 4.69) is 4.98 Å². The van der Waals surface area contributed by atoms with E-state index in [1.54, 1.807) is 0 Å². The first-order valence-electron chi connectivity index (χ1n) is 5.40. The van der Waals surface area contributed by atoms with Gasteiger partial charge in [-0.1, -0.05) is 36.4 Å². The Morgan fingerprint density at radius 2 is 1.88 bits per heavy atom. The molecule has 84 valence electrons. The smallest absolute Gasteiger partial charge is 0.181 e. The van der Waals surface area contributed by atoms with Gasteiger partial charge in [0, 0.05) is 0 Å². The third-order valence-electron chi connectivity index (χ3n) is 2.81. The van der Waals surface area contributed by atoms with Crippen LogP contribution in [0.2, 0.25) is 0 Å². The van der Waals surface area contributed by atoms with Crippen molar-refractivity contribution in [3.05, 3.63) is 66.4 Å². The fraction of sp³-hybridized carbons (Fsp3) is 0.0714. The van der Waals surface area contributed by atoms with Crippen LogP contribution in [0.25, 0.3) is 10.8 Å². The van der Waals surface area contributed by atoms with E-state index in [4.69, 9.17) is 4.42 Å². The Hall–Kier alpha value is -2.13. The Balaban J connectivity index is 2.06. The molecule has 1 heterocycles. The molecule has 17 heavy (non-hydrogen) atoms. The van der Waals surface area contributed by atoms with Gasteiger partial charge in [-0.2, -0.15) is 0 Å². The summed E-state index contributed by atoms with van der Waals surface area (Å²) in [7, 11) is 0. The number of oxazole rings is 1. The first kappa shape index (κ1) is 10.1. The predicted octanol–water partition coefficient (Wildman–Crippen LogP) is 2.91. The first-order chi connectivity index (χ1) is 8.34. The second kappa shape index (κ2) is 4.03. The lowest BCUT2D eigenvalue weighted by Crippen LogP contribution is -1.97. The Labute approximate surface area is 98.3 Å². The van der Waals surface area contributed by atoms with Gasteiger partial charge in [0.05, 0.1) is 6.20 Å². The number of aromatic nitrogens is 1. The minimum absolute atomic E-state index is 0.459. The van der Waals surface area contributed by atoms with Gasteiger partial charge in [-0.15, -0.1) is 0 Å². The standard InChI is InChI=1S/C14H11NO2/c16-14(13-8-15-9-17-13)12-6-5-10-3-1-2-4-11(10)7-12/h1-9,14,16H. The molecule has 3 nitrogen and oxygen atoms in total. The summed E-state index contributed by atoms with van der Waals surface area (Å²) in [5, 5.41) is 12.4. The van der Waals surface area contributed by atoms with Crippen molar-refractivity contribution in [2.45, 2.75) is 6.10 Å². The summed E-state index contributed by atoms with van der Waals surface area (Å²) in [6.45, 7) is 0. The fourth-order valence-corrected chi connectivity index (χ4v) is 1.90. The summed E-state index contributed by atoms with van der Waals surface area (Å²) < 4.78 is 5.10. The van der Waals surface area contributed by atoms with Gasteiger partial charge in [0.15, 0.2) is 12.2 Å². The van der Waals surface area contributed by atoms with Crippen LogP contribution in [0.5, 0.6) is 0 Å². The molecule has 0 aliphatic rings. The lowest BCUT2D eigenvalue weighted by molar-refractivity contribution is 0.189. The maximum Gasteiger partial charge on any atom is 0.181 e. The molecule has 1 N–H and O–H groups in total. The molecule has 0 saturated carbocycles. The summed E-state index contributed by atoms with van der Waals surface area (Å²) in [4.78, 5) is 3.80. The van der Waals surface area contributed by atoms with Gasteiger partial charge in [0.2, 0.25) is 0 Å². The maximum absolute atomic E-state index is 10.1. The van der Waals surface area contributed by atoms with Crippen LogP contribution >= 0.6 is 0 Å². The molecule has 0 aliphatic carbocycles. The van der Waals surface area contributed by atoms with Crippen LogP contribution < -0.4 is 0 Å². The topological polar surface area (TPSA) is 46.3 Å². The molecule has 0 amide bonds. The van der Waals surface area contributed by atoms with Crippen LogP contribution in [0, 0.1) is 0 Å². The second-order valence-electron chi connectivity index (χ2n) is 3.91. The summed E-state index contributed by atoms with van der Waals surface area (Å²) in [5.74, 6) is 0.459. The van der Waals surface area contributed by atoms with E-state index in [9.17, 15) is 5.11 Å². The van der Waals surface area contributed by atoms with Gasteiger partial charge in [0.25, 0.3) is 0 Å². The van der Waals surface area contributed by atoms with Crippen LogP contribution in [0.3, 0.4) is 0 Å². The third-order valence-corrected chi connectivity index (χ3v) is 2.81. The van der Waals surface area contributed by atoms with E-state index in [-0.39, 0.29) is 0 Å². The normalized spacial score (nSPS) is 12.8. The Kier molecular flexibility index (Phi) is 2.38. The maximum atomic E-state index is 10.1. The molecule has 3 aromatic rings. The highest BCUT2D eigenvalue weighted by atomic mass is 16.4. The predicted molar refractivity (Wildman–Crippen MR) is 64.5 cm³/mol. The molecule has 0 aliphatic heterocycles. The Morgan fingerprint density at radius 3 is 2.65 bits per heavy atom. The van der Waals surface area contributed by atoms with Crippen molar-refractivity contribution in [3.63, 3.8) is 0 Å². The van der Waals surface area contributed by atoms with E-state index in [0.29, 0.717) is 5.76 Å². The molecule has 0 fully saturated rings. The Morgan fingerprint density at radius 1 is 1.06 bits per heavy atom. The van der Waals surface area contributed by atoms with E-state index < -0.39 is 6.10 Å². The molecular weight excluding hydrogens is 214 g/mol. The summed E-state index contributed by atoms with van der Waals surface area (Å²) >= 11 is 0. The van der Waals surface area contributed by atoms with Gasteiger partial charge < -0.3 is 9.52 Å². The number of fused-ring (bicyclic) bond motifs is 1. The number of benzene rings is 2. The quantitative estimate of drug-likeness (QED) is 0.729. The number of nitrogens with zero attached hydrogens (tertiary/aromatic N) is 1. The van der Waals surface area contributed by atoms with Crippen molar-refractivity contribution in [1.82, 2.24) is 4.98 Å². The monoisotopic (exact) mass is 225 g/mol. The summed E-state index contributed by atoms with van der Waals surface area (Å²) in [5.41, 5.74) is 0.806. The molecule has 1 atom stereocenters. The molecule has 0 spiro atoms. The Bertz CT molecular complexity index is 632. The molecule has 2 aromatic carbocycles. The zero-order chi connectivity index (χ0) is 11.7. The highest BCUT2D eigenvalue weighted by Crippen LogP contribution is 2.24. The summed E-state index contributed by atoms with van der Waals surface area (Å²) in [6, 6.07) is 13.9. The zero-order valence-corrected chi connectivity index (χ0v) is 9.08. The van der Waals surface area contributed by atoms with Crippen molar-refractivity contribution in [2.75, 3.05) is 0 Å². The highest BCUT2D eigenvalue weighted by Gasteiger charge is 2.13. The largest absolute Gasteiger partial charge is 0.445 e. The lowest BCUT2D eigenvalue weighted by atomic mass is 10.0. The van der Waals surface area contributed by atoms with Gasteiger partial charge in [-0.25, -0.2) is 4.98 Å². The number of aliphatic hydroxyl groups is 1. The zero-order valence-electron chi connectivity index (χ0n) is 9.08. The van der Waals surface area contributed by atoms with Crippen LogP contribution in [0.4, 0.5) is 0 Å². The average Bonchev–Trinajstić information content (AvgIpc) is 2.91. The molecular formula is C14H11NO2. The van der Waals surface area contributed by atoms with Crippen LogP contribution in [0.1, 0.15) is 17.4 Å². The van der Waals surface area contributed by atoms with Crippen molar-refractivity contribution < 1.29 is 9.52 Å². The minimum atomic E-state index is -0.762. The van der Waals surface area contributed by atoms with Crippen molar-refractivity contribution >= 4 is 10.8 Å². The molecule has 3 heteroatoms. The number of hydrogen-bond donors (Lipinski definition) is 1. The van der Waals surface area contributed by atoms with Crippen molar-refractivity contribution in [1.29, 1.82) is 0 Å². The second-order valence-corrected chi connectivity index (χ2v) is 3.91. The van der Waals surface area contributed by atoms with Gasteiger partial charge in [-0.3, -0.25) is 0 Å². The van der Waals surface area contributed by atoms with E-state index in [1.807, 2.05) is 42.5 Å². The average molecular weight is 225 g/mol. The van der Waals surface area contributed by atoms with E-state index >= 15 is 0 Å². The molecule has 0 bridgehead atoms. The molecule has 3 rings (SSSR count). The van der Waals surface area contributed by atoms with Gasteiger partial charge in [-0.05, 0) is 22.4 Å². The fourth-order valence-electron chi connectivity index (χ4n) is 1.90. The lowest BCUT2D eigenvalue weighted by Gasteiger charge is -2.08. The van der Waals surface area contributed by atoms with Crippen LogP contribution in [0.15, 0.2) is 59.5 Å². The van der Waals surface area contributed by atoms with Crippen LogP contribution in [-0.2, 0) is 0 Å². The number of rotatable bonds is 2. The molecule has 0 saturated heterocycles. The van der Waals surface area contributed by atoms with E-state index in [0.717, 1.165) is 16.3 Å². The molecule has 0 radical (unpaired) electrons. The molecule has 1 aromatic heterocycles. The first-order valence-corrected chi connectivity index (χ1v) is 5.40. The number of hydrogen-bond acceptors (Lipinski definition) is 3. The highest BCUT2D eigenvalue weighted by molar-refractivity contribution is 5.83. The van der Waals surface area contributed by atoms with Crippen molar-refractivity contribution in [3.8, 4) is 0 Å².